The first kappa shape index (κ1) is 21.8. The Labute approximate surface area is 198 Å². The van der Waals surface area contributed by atoms with Crippen molar-refractivity contribution in [3.8, 4) is 0 Å². The van der Waals surface area contributed by atoms with Crippen LogP contribution in [0.5, 0.6) is 0 Å². The summed E-state index contributed by atoms with van der Waals surface area (Å²) < 4.78 is 0. The molecule has 2 aliphatic heterocycles. The molecule has 0 spiro atoms. The standard InChI is InChI=1S/C26H40N6O/c1-31-5-2-21(3-6-31)27-14-25(33)32-7-4-22-24(15-32)29-16-30-26(22)28-13-23-19-9-17-8-18(11-19)12-20(23)10-17/h16-21,23,27H,2-15H2,1H3,(H,28,29,30). The molecule has 3 heterocycles. The van der Waals surface area contributed by atoms with E-state index >= 15 is 0 Å². The van der Waals surface area contributed by atoms with Gasteiger partial charge in [-0.15, -0.1) is 0 Å². The summed E-state index contributed by atoms with van der Waals surface area (Å²) in [5, 5.41) is 7.24. The van der Waals surface area contributed by atoms with Crippen LogP contribution in [0.1, 0.15) is 56.2 Å². The highest BCUT2D eigenvalue weighted by molar-refractivity contribution is 5.78. The number of likely N-dealkylation sites (tertiary alicyclic amines) is 1. The van der Waals surface area contributed by atoms with Crippen LogP contribution in [-0.2, 0) is 17.8 Å². The van der Waals surface area contributed by atoms with Crippen molar-refractivity contribution in [2.24, 2.45) is 29.6 Å². The maximum Gasteiger partial charge on any atom is 0.236 e. The number of fused-ring (bicyclic) bond motifs is 1. The number of piperidine rings is 1. The van der Waals surface area contributed by atoms with Crippen molar-refractivity contribution in [1.82, 2.24) is 25.1 Å². The number of anilines is 1. The first-order valence-electron chi connectivity index (χ1n) is 13.4. The third-order valence-corrected chi connectivity index (χ3v) is 9.55. The summed E-state index contributed by atoms with van der Waals surface area (Å²) in [6.45, 7) is 5.09. The van der Waals surface area contributed by atoms with E-state index in [2.05, 4.69) is 32.5 Å². The summed E-state index contributed by atoms with van der Waals surface area (Å²) in [6.07, 6.45) is 12.1. The van der Waals surface area contributed by atoms with Crippen molar-refractivity contribution < 1.29 is 4.79 Å². The number of amides is 1. The SMILES string of the molecule is CN1CCC(NCC(=O)N2CCc3c(ncnc3NCC3C4CC5CC(C4)CC3C5)C2)CC1. The lowest BCUT2D eigenvalue weighted by molar-refractivity contribution is -0.131. The molecular formula is C26H40N6O. The van der Waals surface area contributed by atoms with Crippen LogP contribution in [0.3, 0.4) is 0 Å². The molecule has 4 bridgehead atoms. The largest absolute Gasteiger partial charge is 0.369 e. The molecule has 4 aliphatic carbocycles. The van der Waals surface area contributed by atoms with Crippen molar-refractivity contribution in [3.63, 3.8) is 0 Å². The fraction of sp³-hybridized carbons (Fsp3) is 0.808. The highest BCUT2D eigenvalue weighted by Gasteiger charge is 2.47. The van der Waals surface area contributed by atoms with Gasteiger partial charge < -0.3 is 20.4 Å². The normalized spacial score (nSPS) is 33.8. The molecule has 1 saturated heterocycles. The third kappa shape index (κ3) is 4.51. The zero-order valence-corrected chi connectivity index (χ0v) is 20.1. The molecule has 2 N–H and O–H groups in total. The summed E-state index contributed by atoms with van der Waals surface area (Å²) in [4.78, 5) is 26.4. The Morgan fingerprint density at radius 2 is 1.76 bits per heavy atom. The lowest BCUT2D eigenvalue weighted by Crippen LogP contribution is -2.47. The Morgan fingerprint density at radius 1 is 1.03 bits per heavy atom. The van der Waals surface area contributed by atoms with Gasteiger partial charge in [0.15, 0.2) is 0 Å². The van der Waals surface area contributed by atoms with Gasteiger partial charge in [0.05, 0.1) is 18.8 Å². The number of nitrogens with zero attached hydrogens (tertiary/aromatic N) is 4. The number of rotatable bonds is 6. The summed E-state index contributed by atoms with van der Waals surface area (Å²) in [7, 11) is 2.17. The second-order valence-corrected chi connectivity index (χ2v) is 11.6. The molecule has 7 heteroatoms. The zero-order valence-electron chi connectivity index (χ0n) is 20.1. The van der Waals surface area contributed by atoms with E-state index in [0.29, 0.717) is 19.1 Å². The Bertz CT molecular complexity index is 838. The highest BCUT2D eigenvalue weighted by atomic mass is 16.2. The number of carbonyl (C=O) groups excluding carboxylic acids is 1. The van der Waals surface area contributed by atoms with Crippen LogP contribution in [0, 0.1) is 29.6 Å². The van der Waals surface area contributed by atoms with Gasteiger partial charge in [-0.1, -0.05) is 0 Å². The van der Waals surface area contributed by atoms with E-state index in [1.54, 1.807) is 6.33 Å². The Balaban J connectivity index is 1.04. The van der Waals surface area contributed by atoms with Crippen molar-refractivity contribution in [2.45, 2.75) is 64.0 Å². The van der Waals surface area contributed by atoms with Crippen LogP contribution >= 0.6 is 0 Å². The molecule has 0 aromatic carbocycles. The number of nitrogens with one attached hydrogen (secondary N) is 2. The summed E-state index contributed by atoms with van der Waals surface area (Å²) in [5.41, 5.74) is 2.25. The summed E-state index contributed by atoms with van der Waals surface area (Å²) in [6, 6.07) is 0.463. The monoisotopic (exact) mass is 452 g/mol. The van der Waals surface area contributed by atoms with E-state index in [4.69, 9.17) is 0 Å². The number of hydrogen-bond acceptors (Lipinski definition) is 6. The van der Waals surface area contributed by atoms with Crippen molar-refractivity contribution in [3.05, 3.63) is 17.6 Å². The second kappa shape index (κ2) is 9.14. The van der Waals surface area contributed by atoms with Gasteiger partial charge in [-0.3, -0.25) is 4.79 Å². The Kier molecular flexibility index (Phi) is 6.03. The van der Waals surface area contributed by atoms with Gasteiger partial charge in [0.1, 0.15) is 12.1 Å². The van der Waals surface area contributed by atoms with E-state index in [1.165, 1.54) is 37.7 Å². The van der Waals surface area contributed by atoms with Crippen molar-refractivity contribution in [1.29, 1.82) is 0 Å². The van der Waals surface area contributed by atoms with E-state index in [-0.39, 0.29) is 5.91 Å². The minimum atomic E-state index is 0.196. The quantitative estimate of drug-likeness (QED) is 0.691. The molecule has 1 aromatic heterocycles. The predicted molar refractivity (Wildman–Crippen MR) is 129 cm³/mol. The molecule has 1 aromatic rings. The number of aromatic nitrogens is 2. The van der Waals surface area contributed by atoms with Gasteiger partial charge in [-0.25, -0.2) is 9.97 Å². The van der Waals surface area contributed by atoms with E-state index < -0.39 is 0 Å². The topological polar surface area (TPSA) is 73.4 Å². The maximum atomic E-state index is 12.9. The van der Waals surface area contributed by atoms with Crippen LogP contribution in [0.2, 0.25) is 0 Å². The van der Waals surface area contributed by atoms with Crippen LogP contribution in [0.15, 0.2) is 6.33 Å². The van der Waals surface area contributed by atoms with Gasteiger partial charge in [0.2, 0.25) is 5.91 Å². The predicted octanol–water partition coefficient (Wildman–Crippen LogP) is 2.53. The van der Waals surface area contributed by atoms with E-state index in [1.807, 2.05) is 4.90 Å². The maximum absolute atomic E-state index is 12.9. The zero-order chi connectivity index (χ0) is 22.4. The highest BCUT2D eigenvalue weighted by Crippen LogP contribution is 2.56. The number of hydrogen-bond donors (Lipinski definition) is 2. The van der Waals surface area contributed by atoms with E-state index in [9.17, 15) is 4.79 Å². The van der Waals surface area contributed by atoms with Crippen molar-refractivity contribution >= 4 is 11.7 Å². The Hall–Kier alpha value is -1.73. The summed E-state index contributed by atoms with van der Waals surface area (Å²) >= 11 is 0. The first-order chi connectivity index (χ1) is 16.1. The van der Waals surface area contributed by atoms with Crippen LogP contribution in [0.4, 0.5) is 5.82 Å². The minimum Gasteiger partial charge on any atom is -0.369 e. The molecule has 180 valence electrons. The first-order valence-corrected chi connectivity index (χ1v) is 13.4. The average molecular weight is 453 g/mol. The molecule has 7 nitrogen and oxygen atoms in total. The summed E-state index contributed by atoms with van der Waals surface area (Å²) in [5.74, 6) is 5.93. The average Bonchev–Trinajstić information content (AvgIpc) is 2.82. The molecule has 1 amide bonds. The molecule has 0 atom stereocenters. The fourth-order valence-corrected chi connectivity index (χ4v) is 7.86. The van der Waals surface area contributed by atoms with Gasteiger partial charge in [0.25, 0.3) is 0 Å². The lowest BCUT2D eigenvalue weighted by Gasteiger charge is -2.54. The molecular weight excluding hydrogens is 412 g/mol. The van der Waals surface area contributed by atoms with E-state index in [0.717, 1.165) is 86.5 Å². The molecule has 5 fully saturated rings. The van der Waals surface area contributed by atoms with Crippen LogP contribution in [-0.4, -0.2) is 71.5 Å². The molecule has 6 aliphatic rings. The van der Waals surface area contributed by atoms with Crippen LogP contribution in [0.25, 0.3) is 0 Å². The van der Waals surface area contributed by atoms with Crippen molar-refractivity contribution in [2.75, 3.05) is 45.1 Å². The molecule has 33 heavy (non-hydrogen) atoms. The molecule has 0 radical (unpaired) electrons. The molecule has 0 unspecified atom stereocenters. The van der Waals surface area contributed by atoms with Gasteiger partial charge in [-0.05, 0) is 101 Å². The van der Waals surface area contributed by atoms with Gasteiger partial charge in [0, 0.05) is 24.7 Å². The Morgan fingerprint density at radius 3 is 2.48 bits per heavy atom. The molecule has 4 saturated carbocycles. The number of carbonyl (C=O) groups is 1. The van der Waals surface area contributed by atoms with Gasteiger partial charge >= 0.3 is 0 Å². The lowest BCUT2D eigenvalue weighted by atomic mass is 9.52. The van der Waals surface area contributed by atoms with Gasteiger partial charge in [-0.2, -0.15) is 0 Å². The minimum absolute atomic E-state index is 0.196. The van der Waals surface area contributed by atoms with Crippen LogP contribution < -0.4 is 10.6 Å². The second-order valence-electron chi connectivity index (χ2n) is 11.6. The molecule has 7 rings (SSSR count). The smallest absolute Gasteiger partial charge is 0.236 e. The third-order valence-electron chi connectivity index (χ3n) is 9.55. The fourth-order valence-electron chi connectivity index (χ4n) is 7.86.